The Morgan fingerprint density at radius 3 is 2.10 bits per heavy atom. The minimum Gasteiger partial charge on any atom is -0.365 e. The Hall–Kier alpha value is -2.49. The molecular weight excluding hydrogens is 439 g/mol. The number of amides is 2. The van der Waals surface area contributed by atoms with Crippen molar-refractivity contribution in [2.24, 2.45) is 17.1 Å². The lowest BCUT2D eigenvalue weighted by atomic mass is 9.69. The summed E-state index contributed by atoms with van der Waals surface area (Å²) in [5.41, 5.74) is 4.54. The number of hydrogen-bond acceptors (Lipinski definition) is 3. The monoisotopic (exact) mass is 460 g/mol. The van der Waals surface area contributed by atoms with Crippen molar-refractivity contribution >= 4 is 28.2 Å². The van der Waals surface area contributed by atoms with Gasteiger partial charge in [0, 0.05) is 4.88 Å². The highest BCUT2D eigenvalue weighted by Crippen LogP contribution is 2.45. The van der Waals surface area contributed by atoms with Crippen molar-refractivity contribution in [3.63, 3.8) is 0 Å². The summed E-state index contributed by atoms with van der Waals surface area (Å²) in [4.78, 5) is 25.3. The van der Waals surface area contributed by atoms with Crippen molar-refractivity contribution < 1.29 is 31.5 Å². The zero-order valence-electron chi connectivity index (χ0n) is 17.1. The van der Waals surface area contributed by atoms with Gasteiger partial charge in [0.1, 0.15) is 10.6 Å². The van der Waals surface area contributed by atoms with Gasteiger partial charge in [0.25, 0.3) is 11.8 Å². The zero-order valence-corrected chi connectivity index (χ0v) is 17.9. The first-order chi connectivity index (χ1) is 14.4. The lowest BCUT2D eigenvalue weighted by Crippen LogP contribution is -2.29. The van der Waals surface area contributed by atoms with Gasteiger partial charge in [-0.15, -0.1) is 11.3 Å². The van der Waals surface area contributed by atoms with Gasteiger partial charge in [0.2, 0.25) is 5.82 Å². The molecule has 3 N–H and O–H groups in total. The van der Waals surface area contributed by atoms with Crippen LogP contribution in [-0.2, 0) is 12.8 Å². The number of carbonyl (C=O) groups excluding carboxylic acids is 2. The molecule has 0 bridgehead atoms. The maximum Gasteiger partial charge on any atom is 0.262 e. The van der Waals surface area contributed by atoms with E-state index in [1.54, 1.807) is 0 Å². The molecule has 0 saturated carbocycles. The smallest absolute Gasteiger partial charge is 0.262 e. The molecule has 1 atom stereocenters. The lowest BCUT2D eigenvalue weighted by molar-refractivity contribution is 0.0999. The maximum absolute atomic E-state index is 14.0. The van der Waals surface area contributed by atoms with E-state index in [1.807, 2.05) is 0 Å². The van der Waals surface area contributed by atoms with E-state index in [1.165, 1.54) is 0 Å². The number of hydrogen-bond donors (Lipinski definition) is 2. The van der Waals surface area contributed by atoms with Gasteiger partial charge in [-0.25, -0.2) is 22.0 Å². The van der Waals surface area contributed by atoms with Crippen molar-refractivity contribution in [3.8, 4) is 0 Å². The normalized spacial score (nSPS) is 16.2. The first-order valence-corrected chi connectivity index (χ1v) is 10.5. The molecule has 1 aromatic heterocycles. The van der Waals surface area contributed by atoms with Crippen molar-refractivity contribution in [1.29, 1.82) is 0 Å². The highest BCUT2D eigenvalue weighted by Gasteiger charge is 2.36. The molecule has 1 aliphatic carbocycles. The number of primary amides is 1. The standard InChI is InChI=1S/C21H21F5N2O2S/c1-4-21(2,3)8-5-6-9-10(7-8)31-20(11(9)18(27)29)28-19(30)12-13(22)15(24)17(26)16(25)14(12)23/h8H,4-7H2,1-3H3,(H2,27,29)(H,28,30)/t8-/m1/s1. The zero-order chi connectivity index (χ0) is 23.2. The predicted octanol–water partition coefficient (Wildman–Crippen LogP) is 5.34. The molecule has 3 rings (SSSR count). The SMILES string of the molecule is CCC(C)(C)[C@@H]1CCc2c(sc(NC(=O)c3c(F)c(F)c(F)c(F)c3F)c2C(N)=O)C1. The Kier molecular flexibility index (Phi) is 6.14. The second kappa shape index (κ2) is 8.22. The third-order valence-corrected chi connectivity index (χ3v) is 7.36. The van der Waals surface area contributed by atoms with Gasteiger partial charge in [0.05, 0.1) is 5.56 Å². The minimum atomic E-state index is -2.36. The summed E-state index contributed by atoms with van der Waals surface area (Å²) in [5.74, 6) is -13.4. The second-order valence-electron chi connectivity index (χ2n) is 8.25. The molecule has 0 fully saturated rings. The number of thiophene rings is 1. The average molecular weight is 460 g/mol. The number of benzene rings is 1. The molecule has 2 amide bonds. The molecule has 0 radical (unpaired) electrons. The van der Waals surface area contributed by atoms with Crippen molar-refractivity contribution in [1.82, 2.24) is 0 Å². The van der Waals surface area contributed by atoms with Crippen LogP contribution in [0.25, 0.3) is 0 Å². The van der Waals surface area contributed by atoms with Gasteiger partial charge < -0.3 is 11.1 Å². The van der Waals surface area contributed by atoms with Crippen LogP contribution in [0.1, 0.15) is 64.8 Å². The van der Waals surface area contributed by atoms with E-state index >= 15 is 0 Å². The van der Waals surface area contributed by atoms with E-state index < -0.39 is 46.5 Å². The van der Waals surface area contributed by atoms with Crippen LogP contribution < -0.4 is 11.1 Å². The van der Waals surface area contributed by atoms with Crippen LogP contribution in [0, 0.1) is 40.4 Å². The number of fused-ring (bicyclic) bond motifs is 1. The van der Waals surface area contributed by atoms with E-state index in [-0.39, 0.29) is 16.0 Å². The van der Waals surface area contributed by atoms with Gasteiger partial charge in [-0.1, -0.05) is 27.2 Å². The molecule has 10 heteroatoms. The molecule has 31 heavy (non-hydrogen) atoms. The number of nitrogens with two attached hydrogens (primary N) is 1. The Morgan fingerprint density at radius 1 is 1.03 bits per heavy atom. The third kappa shape index (κ3) is 3.93. The maximum atomic E-state index is 14.0. The largest absolute Gasteiger partial charge is 0.365 e. The van der Waals surface area contributed by atoms with Gasteiger partial charge in [-0.05, 0) is 36.2 Å². The number of nitrogens with one attached hydrogen (secondary N) is 1. The Labute approximate surface area is 179 Å². The van der Waals surface area contributed by atoms with Gasteiger partial charge >= 0.3 is 0 Å². The highest BCUT2D eigenvalue weighted by atomic mass is 32.1. The quantitative estimate of drug-likeness (QED) is 0.359. The van der Waals surface area contributed by atoms with E-state index in [4.69, 9.17) is 5.73 Å². The molecule has 1 heterocycles. The fourth-order valence-corrected chi connectivity index (χ4v) is 5.19. The summed E-state index contributed by atoms with van der Waals surface area (Å²) in [5, 5.41) is 2.06. The van der Waals surface area contributed by atoms with E-state index in [0.29, 0.717) is 24.3 Å². The molecule has 1 aromatic carbocycles. The molecule has 0 saturated heterocycles. The van der Waals surface area contributed by atoms with Crippen molar-refractivity contribution in [2.45, 2.75) is 46.5 Å². The van der Waals surface area contributed by atoms with Crippen LogP contribution in [-0.4, -0.2) is 11.8 Å². The third-order valence-electron chi connectivity index (χ3n) is 6.19. The molecule has 0 unspecified atom stereocenters. The summed E-state index contributed by atoms with van der Waals surface area (Å²) in [6.07, 6.45) is 2.87. The molecule has 1 aliphatic rings. The molecule has 0 aliphatic heterocycles. The van der Waals surface area contributed by atoms with Gasteiger partial charge in [0.15, 0.2) is 23.3 Å². The minimum absolute atomic E-state index is 0.00461. The fraction of sp³-hybridized carbons (Fsp3) is 0.429. The van der Waals surface area contributed by atoms with Crippen LogP contribution in [0.3, 0.4) is 0 Å². The predicted molar refractivity (Wildman–Crippen MR) is 107 cm³/mol. The van der Waals surface area contributed by atoms with Gasteiger partial charge in [-0.2, -0.15) is 0 Å². The highest BCUT2D eigenvalue weighted by molar-refractivity contribution is 7.17. The first kappa shape index (κ1) is 23.2. The fourth-order valence-electron chi connectivity index (χ4n) is 3.86. The Bertz CT molecular complexity index is 1050. The number of rotatable bonds is 5. The Balaban J connectivity index is 2.01. The number of halogens is 5. The summed E-state index contributed by atoms with van der Waals surface area (Å²) in [6, 6.07) is 0. The molecular formula is C21H21F5N2O2S. The van der Waals surface area contributed by atoms with Gasteiger partial charge in [-0.3, -0.25) is 9.59 Å². The van der Waals surface area contributed by atoms with Crippen molar-refractivity contribution in [3.05, 3.63) is 50.7 Å². The van der Waals surface area contributed by atoms with Crippen LogP contribution in [0.5, 0.6) is 0 Å². The number of anilines is 1. The summed E-state index contributed by atoms with van der Waals surface area (Å²) in [6.45, 7) is 6.35. The summed E-state index contributed by atoms with van der Waals surface area (Å²) < 4.78 is 68.2. The van der Waals surface area contributed by atoms with Crippen molar-refractivity contribution in [2.75, 3.05) is 5.32 Å². The van der Waals surface area contributed by atoms with Crippen LogP contribution >= 0.6 is 11.3 Å². The second-order valence-corrected chi connectivity index (χ2v) is 9.36. The molecule has 4 nitrogen and oxygen atoms in total. The van der Waals surface area contributed by atoms with E-state index in [2.05, 4.69) is 26.1 Å². The average Bonchev–Trinajstić information content (AvgIpc) is 3.08. The molecule has 168 valence electrons. The molecule has 0 spiro atoms. The van der Waals surface area contributed by atoms with Crippen LogP contribution in [0.15, 0.2) is 0 Å². The van der Waals surface area contributed by atoms with Crippen LogP contribution in [0.2, 0.25) is 0 Å². The summed E-state index contributed by atoms with van der Waals surface area (Å²) in [7, 11) is 0. The van der Waals surface area contributed by atoms with Crippen LogP contribution in [0.4, 0.5) is 27.0 Å². The lowest BCUT2D eigenvalue weighted by Gasteiger charge is -2.36. The first-order valence-electron chi connectivity index (χ1n) is 9.67. The summed E-state index contributed by atoms with van der Waals surface area (Å²) >= 11 is 1.03. The van der Waals surface area contributed by atoms with E-state index in [9.17, 15) is 31.5 Å². The number of carbonyl (C=O) groups is 2. The molecule has 2 aromatic rings. The Morgan fingerprint density at radius 2 is 1.58 bits per heavy atom. The van der Waals surface area contributed by atoms with E-state index in [0.717, 1.165) is 29.1 Å². The topological polar surface area (TPSA) is 72.2 Å².